The summed E-state index contributed by atoms with van der Waals surface area (Å²) in [6.45, 7) is 1.76. The van der Waals surface area contributed by atoms with Gasteiger partial charge in [0.1, 0.15) is 27.9 Å². The lowest BCUT2D eigenvalue weighted by atomic mass is 9.66. The molecule has 4 N–H and O–H groups in total. The number of methoxy groups -OCH3 is 2. The summed E-state index contributed by atoms with van der Waals surface area (Å²) in [5.74, 6) is -1.97. The first-order valence-electron chi connectivity index (χ1n) is 12.0. The molecule has 39 heavy (non-hydrogen) atoms. The highest BCUT2D eigenvalue weighted by molar-refractivity contribution is 9.10. The number of ether oxygens (including phenoxy) is 3. The molecule has 1 spiro atoms. The SMILES string of the molecule is COc1cc(OC)c2c(c1Cl)OC1(C(=O)C3=C(CC1C)Nc1nc(N)[nH]c(=O)c1C3c1cccc(Br)c1)C2=O. The molecule has 0 fully saturated rings. The van der Waals surface area contributed by atoms with E-state index in [0.29, 0.717) is 11.3 Å². The summed E-state index contributed by atoms with van der Waals surface area (Å²) in [4.78, 5) is 48.9. The lowest BCUT2D eigenvalue weighted by Gasteiger charge is -2.42. The molecule has 3 heterocycles. The van der Waals surface area contributed by atoms with E-state index >= 15 is 0 Å². The Hall–Kier alpha value is -3.83. The summed E-state index contributed by atoms with van der Waals surface area (Å²) in [6.07, 6.45) is 0.246. The number of hydrogen-bond donors (Lipinski definition) is 3. The fourth-order valence-corrected chi connectivity index (χ4v) is 6.47. The fourth-order valence-electron chi connectivity index (χ4n) is 5.79. The number of nitrogens with two attached hydrogens (primary N) is 1. The Morgan fingerprint density at radius 1 is 1.15 bits per heavy atom. The number of carbonyl (C=O) groups excluding carboxylic acids is 2. The van der Waals surface area contributed by atoms with E-state index < -0.39 is 34.6 Å². The highest BCUT2D eigenvalue weighted by Crippen LogP contribution is 2.56. The number of aromatic amines is 1. The summed E-state index contributed by atoms with van der Waals surface area (Å²) in [7, 11) is 2.83. The molecule has 2 aliphatic heterocycles. The molecule has 0 radical (unpaired) electrons. The average molecular weight is 614 g/mol. The first-order valence-corrected chi connectivity index (χ1v) is 13.2. The summed E-state index contributed by atoms with van der Waals surface area (Å²) >= 11 is 10.0. The highest BCUT2D eigenvalue weighted by atomic mass is 79.9. The molecule has 1 aromatic heterocycles. The average Bonchev–Trinajstić information content (AvgIpc) is 3.21. The van der Waals surface area contributed by atoms with E-state index in [0.717, 1.165) is 4.47 Å². The third-order valence-corrected chi connectivity index (χ3v) is 8.38. The lowest BCUT2D eigenvalue weighted by molar-refractivity contribution is -0.130. The van der Waals surface area contributed by atoms with Crippen LogP contribution in [0.3, 0.4) is 0 Å². The zero-order valence-corrected chi connectivity index (χ0v) is 23.3. The first kappa shape index (κ1) is 25.4. The quantitative estimate of drug-likeness (QED) is 0.370. The van der Waals surface area contributed by atoms with Gasteiger partial charge in [-0.2, -0.15) is 4.98 Å². The van der Waals surface area contributed by atoms with Crippen molar-refractivity contribution < 1.29 is 23.8 Å². The summed E-state index contributed by atoms with van der Waals surface area (Å²) < 4.78 is 17.9. The van der Waals surface area contributed by atoms with Gasteiger partial charge in [-0.15, -0.1) is 0 Å². The number of H-pyrrole nitrogens is 1. The number of rotatable bonds is 3. The van der Waals surface area contributed by atoms with Crippen molar-refractivity contribution in [3.8, 4) is 17.2 Å². The van der Waals surface area contributed by atoms with Crippen molar-refractivity contribution in [2.24, 2.45) is 5.92 Å². The minimum absolute atomic E-state index is 0.0255. The van der Waals surface area contributed by atoms with Gasteiger partial charge in [0, 0.05) is 33.6 Å². The van der Waals surface area contributed by atoms with Crippen molar-refractivity contribution in [1.29, 1.82) is 0 Å². The molecule has 0 amide bonds. The van der Waals surface area contributed by atoms with E-state index in [1.165, 1.54) is 20.3 Å². The molecule has 3 atom stereocenters. The molecule has 2 aromatic carbocycles. The maximum atomic E-state index is 14.7. The van der Waals surface area contributed by atoms with Crippen LogP contribution in [0.25, 0.3) is 0 Å². The van der Waals surface area contributed by atoms with Crippen LogP contribution in [0, 0.1) is 5.92 Å². The monoisotopic (exact) mass is 612 g/mol. The van der Waals surface area contributed by atoms with Gasteiger partial charge in [0.2, 0.25) is 23.1 Å². The van der Waals surface area contributed by atoms with Crippen LogP contribution in [-0.2, 0) is 4.79 Å². The van der Waals surface area contributed by atoms with E-state index in [1.807, 2.05) is 12.1 Å². The lowest BCUT2D eigenvalue weighted by Crippen LogP contribution is -2.58. The third-order valence-electron chi connectivity index (χ3n) is 7.53. The zero-order chi connectivity index (χ0) is 27.8. The van der Waals surface area contributed by atoms with Crippen molar-refractivity contribution in [1.82, 2.24) is 9.97 Å². The van der Waals surface area contributed by atoms with Crippen LogP contribution in [0.5, 0.6) is 17.2 Å². The zero-order valence-electron chi connectivity index (χ0n) is 21.0. The number of Topliss-reactive ketones (excluding diaryl/α,β-unsaturated/α-hetero) is 2. The second-order valence-corrected chi connectivity index (χ2v) is 10.9. The van der Waals surface area contributed by atoms with Gasteiger partial charge in [-0.05, 0) is 24.1 Å². The second-order valence-electron chi connectivity index (χ2n) is 9.62. The second kappa shape index (κ2) is 8.85. The van der Waals surface area contributed by atoms with Crippen LogP contribution in [0.2, 0.25) is 5.02 Å². The van der Waals surface area contributed by atoms with Gasteiger partial charge in [-0.25, -0.2) is 0 Å². The molecule has 0 bridgehead atoms. The summed E-state index contributed by atoms with van der Waals surface area (Å²) in [5.41, 5.74) is 5.11. The van der Waals surface area contributed by atoms with Crippen molar-refractivity contribution >= 4 is 50.9 Å². The minimum atomic E-state index is -1.93. The summed E-state index contributed by atoms with van der Waals surface area (Å²) in [5, 5.41) is 3.21. The van der Waals surface area contributed by atoms with Crippen molar-refractivity contribution in [2.45, 2.75) is 24.9 Å². The van der Waals surface area contributed by atoms with Crippen molar-refractivity contribution in [2.75, 3.05) is 25.3 Å². The maximum absolute atomic E-state index is 14.7. The first-order chi connectivity index (χ1) is 18.6. The molecule has 12 heteroatoms. The Balaban J connectivity index is 1.58. The number of halogens is 2. The Morgan fingerprint density at radius 3 is 2.59 bits per heavy atom. The molecule has 10 nitrogen and oxygen atoms in total. The molecule has 3 aliphatic rings. The number of allylic oxidation sites excluding steroid dienone is 1. The smallest absolute Gasteiger partial charge is 0.258 e. The molecule has 200 valence electrons. The molecule has 0 saturated heterocycles. The standard InChI is InChI=1S/C27H22BrClN4O6/c1-10-7-13-17(16(11-5-4-6-12(28)8-11)19-24(31-13)32-26(30)33-25(19)36)22(34)27(10)23(35)18-14(37-2)9-15(38-3)20(29)21(18)39-27/h4-6,8-10,16H,7H2,1-3H3,(H4,30,31,32,33,36). The number of ketones is 2. The molecule has 6 rings (SSSR count). The van der Waals surface area contributed by atoms with Crippen LogP contribution in [0.1, 0.15) is 40.7 Å². The Kier molecular flexibility index (Phi) is 5.78. The van der Waals surface area contributed by atoms with Gasteiger partial charge in [0.15, 0.2) is 5.75 Å². The number of anilines is 2. The van der Waals surface area contributed by atoms with E-state index in [-0.39, 0.29) is 57.2 Å². The van der Waals surface area contributed by atoms with E-state index in [9.17, 15) is 14.4 Å². The van der Waals surface area contributed by atoms with E-state index in [1.54, 1.807) is 19.1 Å². The predicted molar refractivity (Wildman–Crippen MR) is 147 cm³/mol. The minimum Gasteiger partial charge on any atom is -0.496 e. The molecular weight excluding hydrogens is 592 g/mol. The molecule has 3 aromatic rings. The molecule has 0 saturated carbocycles. The van der Waals surface area contributed by atoms with Crippen molar-refractivity contribution in [3.05, 3.63) is 78.1 Å². The number of hydrogen-bond acceptors (Lipinski definition) is 9. The Labute approximate surface area is 235 Å². The highest BCUT2D eigenvalue weighted by Gasteiger charge is 2.63. The molecule has 3 unspecified atom stereocenters. The number of nitrogens with one attached hydrogen (secondary N) is 2. The summed E-state index contributed by atoms with van der Waals surface area (Å²) in [6, 6.07) is 8.74. The largest absolute Gasteiger partial charge is 0.496 e. The van der Waals surface area contributed by atoms with Gasteiger partial charge < -0.3 is 25.3 Å². The van der Waals surface area contributed by atoms with Gasteiger partial charge >= 0.3 is 0 Å². The van der Waals surface area contributed by atoms with Gasteiger partial charge in [-0.3, -0.25) is 19.4 Å². The van der Waals surface area contributed by atoms with Crippen molar-refractivity contribution in [3.63, 3.8) is 0 Å². The van der Waals surface area contributed by atoms with Crippen LogP contribution < -0.4 is 30.8 Å². The van der Waals surface area contributed by atoms with Gasteiger partial charge in [0.05, 0.1) is 19.8 Å². The third kappa shape index (κ3) is 3.45. The normalized spacial score (nSPS) is 23.1. The molecular formula is C27H22BrClN4O6. The maximum Gasteiger partial charge on any atom is 0.258 e. The fraction of sp³-hybridized carbons (Fsp3) is 0.259. The number of fused-ring (bicyclic) bond motifs is 2. The Bertz CT molecular complexity index is 1700. The van der Waals surface area contributed by atoms with E-state index in [2.05, 4.69) is 31.2 Å². The van der Waals surface area contributed by atoms with Gasteiger partial charge in [0.25, 0.3) is 5.56 Å². The number of nitrogen functional groups attached to an aromatic ring is 1. The number of aromatic nitrogens is 2. The Morgan fingerprint density at radius 2 is 1.90 bits per heavy atom. The van der Waals surface area contributed by atoms with Gasteiger partial charge in [-0.1, -0.05) is 46.6 Å². The number of benzene rings is 2. The predicted octanol–water partition coefficient (Wildman–Crippen LogP) is 4.22. The number of nitrogens with zero attached hydrogens (tertiary/aromatic N) is 1. The number of carbonyl (C=O) groups is 2. The van der Waals surface area contributed by atoms with E-state index in [4.69, 9.17) is 31.5 Å². The van der Waals surface area contributed by atoms with Crippen LogP contribution in [0.15, 0.2) is 50.9 Å². The molecule has 1 aliphatic carbocycles. The topological polar surface area (TPSA) is 146 Å². The van der Waals surface area contributed by atoms with Crippen LogP contribution >= 0.6 is 27.5 Å². The van der Waals surface area contributed by atoms with Crippen LogP contribution in [-0.4, -0.2) is 41.4 Å². The van der Waals surface area contributed by atoms with Crippen LogP contribution in [0.4, 0.5) is 11.8 Å².